The van der Waals surface area contributed by atoms with Crippen molar-refractivity contribution in [3.8, 4) is 11.4 Å². The summed E-state index contributed by atoms with van der Waals surface area (Å²) in [6.45, 7) is 1.64. The van der Waals surface area contributed by atoms with Crippen molar-refractivity contribution in [2.45, 2.75) is 32.1 Å². The summed E-state index contributed by atoms with van der Waals surface area (Å²) in [6, 6.07) is 4.59. The fourth-order valence-corrected chi connectivity index (χ4v) is 4.65. The van der Waals surface area contributed by atoms with Gasteiger partial charge in [-0.1, -0.05) is 12.1 Å². The van der Waals surface area contributed by atoms with Crippen LogP contribution in [0.1, 0.15) is 35.6 Å². The van der Waals surface area contributed by atoms with Crippen molar-refractivity contribution in [1.29, 1.82) is 0 Å². The summed E-state index contributed by atoms with van der Waals surface area (Å²) in [5, 5.41) is 15.9. The Bertz CT molecular complexity index is 1420. The molecule has 3 aromatic rings. The second-order valence-corrected chi connectivity index (χ2v) is 8.39. The van der Waals surface area contributed by atoms with Gasteiger partial charge in [-0.15, -0.1) is 9.24 Å². The van der Waals surface area contributed by atoms with Crippen molar-refractivity contribution in [1.82, 2.24) is 9.55 Å². The summed E-state index contributed by atoms with van der Waals surface area (Å²) in [5.74, 6) is -1.22. The molecule has 1 unspecified atom stereocenters. The first-order valence-electron chi connectivity index (χ1n) is 9.95. The molecule has 0 saturated heterocycles. The smallest absolute Gasteiger partial charge is 0.343 e. The Morgan fingerprint density at radius 3 is 2.88 bits per heavy atom. The number of pyridine rings is 2. The van der Waals surface area contributed by atoms with Crippen LogP contribution in [-0.2, 0) is 33.1 Å². The zero-order valence-electron chi connectivity index (χ0n) is 17.3. The lowest BCUT2D eigenvalue weighted by atomic mass is 9.86. The Kier molecular flexibility index (Phi) is 4.65. The molecular weight excluding hydrogens is 436 g/mol. The van der Waals surface area contributed by atoms with E-state index in [9.17, 15) is 19.1 Å². The van der Waals surface area contributed by atoms with Gasteiger partial charge in [-0.3, -0.25) is 4.79 Å². The van der Waals surface area contributed by atoms with E-state index in [1.54, 1.807) is 19.1 Å². The monoisotopic (exact) mass is 455 g/mol. The number of esters is 1. The van der Waals surface area contributed by atoms with Crippen molar-refractivity contribution >= 4 is 37.6 Å². The number of benzene rings is 1. The molecule has 2 aliphatic heterocycles. The fraction of sp³-hybridized carbons (Fsp3) is 0.273. The van der Waals surface area contributed by atoms with Crippen molar-refractivity contribution < 1.29 is 23.9 Å². The third kappa shape index (κ3) is 2.74. The summed E-state index contributed by atoms with van der Waals surface area (Å²) in [5.41, 5.74) is 0.818. The Balaban J connectivity index is 1.85. The molecule has 1 aromatic carbocycles. The van der Waals surface area contributed by atoms with Gasteiger partial charge >= 0.3 is 5.97 Å². The minimum absolute atomic E-state index is 0.0492. The molecule has 0 amide bonds. The number of fused-ring (bicyclic) bond motifs is 5. The van der Waals surface area contributed by atoms with Crippen LogP contribution >= 0.6 is 9.24 Å². The molecule has 2 aliphatic rings. The number of nitrogens with zero attached hydrogens (tertiary/aromatic N) is 3. The molecule has 1 N–H and O–H groups in total. The van der Waals surface area contributed by atoms with E-state index in [0.717, 1.165) is 0 Å². The molecule has 5 rings (SSSR count). The number of rotatable bonds is 3. The number of carbonyl (C=O) groups is 1. The number of halogens is 1. The van der Waals surface area contributed by atoms with E-state index in [1.165, 1.54) is 24.0 Å². The van der Waals surface area contributed by atoms with E-state index >= 15 is 0 Å². The predicted octanol–water partition coefficient (Wildman–Crippen LogP) is 1.70. The van der Waals surface area contributed by atoms with Crippen LogP contribution in [0.25, 0.3) is 22.3 Å². The van der Waals surface area contributed by atoms with Crippen molar-refractivity contribution in [2.24, 2.45) is 5.16 Å². The highest BCUT2D eigenvalue weighted by Gasteiger charge is 2.45. The topological polar surface area (TPSA) is 103 Å². The Morgan fingerprint density at radius 2 is 2.16 bits per heavy atom. The molecule has 2 atom stereocenters. The number of oxime groups is 1. The van der Waals surface area contributed by atoms with Gasteiger partial charge in [0.2, 0.25) is 0 Å². The minimum atomic E-state index is -1.91. The number of ether oxygens (including phenoxy) is 1. The largest absolute Gasteiger partial charge is 0.458 e. The average Bonchev–Trinajstić information content (AvgIpc) is 3.14. The number of carbonyl (C=O) groups excluding carboxylic acids is 1. The molecule has 8 nitrogen and oxygen atoms in total. The van der Waals surface area contributed by atoms with Gasteiger partial charge in [0.25, 0.3) is 5.56 Å². The average molecular weight is 455 g/mol. The standard InChI is InChI=1S/C22H19FN3O5P/c1-3-22(29)14-5-17-19-12(8-26(17)20(27)13(14)9-31-21(22)28)11(7-24-30-2)10-4-18(32)15(23)6-16(10)25-19/h4-7,29H,3,8-9,32H2,1-2H3/b24-7-/t22-/m0/s1. The van der Waals surface area contributed by atoms with Crippen LogP contribution in [-0.4, -0.2) is 34.0 Å². The van der Waals surface area contributed by atoms with Crippen molar-refractivity contribution in [2.75, 3.05) is 7.11 Å². The van der Waals surface area contributed by atoms with E-state index in [1.807, 2.05) is 0 Å². The third-order valence-electron chi connectivity index (χ3n) is 6.14. The van der Waals surface area contributed by atoms with E-state index in [4.69, 9.17) is 9.57 Å². The molecule has 10 heteroatoms. The molecule has 0 bridgehead atoms. The second-order valence-electron chi connectivity index (χ2n) is 7.76. The number of aliphatic hydroxyl groups is 1. The molecule has 0 saturated carbocycles. The van der Waals surface area contributed by atoms with Crippen LogP contribution < -0.4 is 10.9 Å². The zero-order chi connectivity index (χ0) is 22.8. The maximum absolute atomic E-state index is 14.3. The van der Waals surface area contributed by atoms with Crippen LogP contribution in [0, 0.1) is 5.82 Å². The molecule has 0 fully saturated rings. The number of cyclic esters (lactones) is 1. The predicted molar refractivity (Wildman–Crippen MR) is 118 cm³/mol. The van der Waals surface area contributed by atoms with E-state index in [2.05, 4.69) is 19.4 Å². The quantitative estimate of drug-likeness (QED) is 0.218. The molecular formula is C22H19FN3O5P. The Labute approximate surface area is 183 Å². The van der Waals surface area contributed by atoms with Crippen LogP contribution in [0.5, 0.6) is 0 Å². The van der Waals surface area contributed by atoms with Crippen molar-refractivity contribution in [3.63, 3.8) is 0 Å². The van der Waals surface area contributed by atoms with Gasteiger partial charge in [0.05, 0.1) is 35.2 Å². The number of aromatic nitrogens is 2. The van der Waals surface area contributed by atoms with Gasteiger partial charge in [0.15, 0.2) is 5.60 Å². The van der Waals surface area contributed by atoms with Gasteiger partial charge in [0, 0.05) is 33.4 Å². The summed E-state index contributed by atoms with van der Waals surface area (Å²) in [4.78, 5) is 35.1. The highest BCUT2D eigenvalue weighted by molar-refractivity contribution is 7.27. The van der Waals surface area contributed by atoms with Gasteiger partial charge < -0.3 is 19.2 Å². The van der Waals surface area contributed by atoms with E-state index < -0.39 is 17.4 Å². The van der Waals surface area contributed by atoms with Crippen LogP contribution in [0.2, 0.25) is 0 Å². The lowest BCUT2D eigenvalue weighted by Gasteiger charge is -2.31. The maximum atomic E-state index is 14.3. The van der Waals surface area contributed by atoms with Crippen LogP contribution in [0.3, 0.4) is 0 Å². The number of hydrogen-bond donors (Lipinski definition) is 1. The van der Waals surface area contributed by atoms with Crippen molar-refractivity contribution in [3.05, 3.63) is 56.6 Å². The second kappa shape index (κ2) is 7.18. The lowest BCUT2D eigenvalue weighted by molar-refractivity contribution is -0.172. The first-order chi connectivity index (χ1) is 15.3. The summed E-state index contributed by atoms with van der Waals surface area (Å²) in [6.07, 6.45) is 1.56. The minimum Gasteiger partial charge on any atom is -0.458 e. The summed E-state index contributed by atoms with van der Waals surface area (Å²) < 4.78 is 20.9. The maximum Gasteiger partial charge on any atom is 0.343 e. The molecule has 32 heavy (non-hydrogen) atoms. The summed E-state index contributed by atoms with van der Waals surface area (Å²) in [7, 11) is 3.76. The normalized spacial score (nSPS) is 19.1. The van der Waals surface area contributed by atoms with Crippen LogP contribution in [0.15, 0.2) is 28.1 Å². The Morgan fingerprint density at radius 1 is 1.38 bits per heavy atom. The highest BCUT2D eigenvalue weighted by Crippen LogP contribution is 2.39. The van der Waals surface area contributed by atoms with Gasteiger partial charge in [-0.05, 0) is 18.6 Å². The molecule has 4 heterocycles. The van der Waals surface area contributed by atoms with E-state index in [-0.39, 0.29) is 36.3 Å². The zero-order valence-corrected chi connectivity index (χ0v) is 18.5. The van der Waals surface area contributed by atoms with Gasteiger partial charge in [-0.2, -0.15) is 0 Å². The lowest BCUT2D eigenvalue weighted by Crippen LogP contribution is -2.44. The molecule has 0 spiro atoms. The van der Waals surface area contributed by atoms with E-state index in [0.29, 0.717) is 38.7 Å². The molecule has 164 valence electrons. The SMILES string of the molecule is CC[C@@]1(O)C(=O)OCc2c1cc1n(c2=O)Cc2c-1nc1cc(F)c(P)cc1c2/C=N\OC. The fourth-order valence-electron chi connectivity index (χ4n) is 4.40. The highest BCUT2D eigenvalue weighted by atomic mass is 31.0. The number of hydrogen-bond acceptors (Lipinski definition) is 7. The molecule has 0 radical (unpaired) electrons. The van der Waals surface area contributed by atoms with Crippen LogP contribution in [0.4, 0.5) is 4.39 Å². The third-order valence-corrected chi connectivity index (χ3v) is 6.58. The van der Waals surface area contributed by atoms with Gasteiger partial charge in [-0.25, -0.2) is 14.2 Å². The summed E-state index contributed by atoms with van der Waals surface area (Å²) >= 11 is 0. The van der Waals surface area contributed by atoms with Gasteiger partial charge in [0.1, 0.15) is 19.5 Å². The first-order valence-corrected chi connectivity index (χ1v) is 10.5. The first kappa shape index (κ1) is 20.7. The molecule has 0 aliphatic carbocycles. The molecule has 2 aromatic heterocycles. The Hall–Kier alpha value is -3.16.